The summed E-state index contributed by atoms with van der Waals surface area (Å²) in [5.74, 6) is -0.268. The van der Waals surface area contributed by atoms with Crippen molar-refractivity contribution in [2.45, 2.75) is 0 Å². The molecule has 1 amide bonds. The highest BCUT2D eigenvalue weighted by Gasteiger charge is 2.03. The summed E-state index contributed by atoms with van der Waals surface area (Å²) in [5.41, 5.74) is 1.36. The van der Waals surface area contributed by atoms with Crippen molar-refractivity contribution in [1.29, 1.82) is 0 Å². The van der Waals surface area contributed by atoms with Gasteiger partial charge in [-0.1, -0.05) is 24.3 Å². The van der Waals surface area contributed by atoms with Crippen LogP contribution in [0.1, 0.15) is 10.4 Å². The van der Waals surface area contributed by atoms with Gasteiger partial charge in [0.25, 0.3) is 5.91 Å². The molecule has 0 radical (unpaired) electrons. The minimum Gasteiger partial charge on any atom is -0.267 e. The van der Waals surface area contributed by atoms with Gasteiger partial charge in [-0.05, 0) is 35.8 Å². The number of benzene rings is 1. The summed E-state index contributed by atoms with van der Waals surface area (Å²) >= 11 is 1.34. The van der Waals surface area contributed by atoms with Crippen LogP contribution < -0.4 is 4.80 Å². The van der Waals surface area contributed by atoms with E-state index in [1.165, 1.54) is 11.5 Å². The van der Waals surface area contributed by atoms with E-state index < -0.39 is 0 Å². The summed E-state index contributed by atoms with van der Waals surface area (Å²) in [6.45, 7) is 0. The second-order valence-corrected chi connectivity index (χ2v) is 4.59. The van der Waals surface area contributed by atoms with Gasteiger partial charge in [0.05, 0.1) is 0 Å². The van der Waals surface area contributed by atoms with E-state index >= 15 is 0 Å². The topological polar surface area (TPSA) is 46.7 Å². The summed E-state index contributed by atoms with van der Waals surface area (Å²) < 4.78 is 1.87. The first-order valence-electron chi connectivity index (χ1n) is 5.42. The van der Waals surface area contributed by atoms with Crippen LogP contribution in [-0.2, 0) is 0 Å². The van der Waals surface area contributed by atoms with Gasteiger partial charge < -0.3 is 0 Å². The molecule has 0 fully saturated rings. The van der Waals surface area contributed by atoms with Crippen molar-refractivity contribution < 1.29 is 4.79 Å². The Labute approximate surface area is 124 Å². The van der Waals surface area contributed by atoms with Crippen LogP contribution in [0.25, 0.3) is 5.65 Å². The Hall–Kier alpha value is -1.79. The molecule has 0 bridgehead atoms. The number of carbonyl (C=O) groups is 1. The lowest BCUT2D eigenvalue weighted by Crippen LogP contribution is -2.04. The van der Waals surface area contributed by atoms with Gasteiger partial charge in [-0.25, -0.2) is 0 Å². The number of carbonyl (C=O) groups excluding carboxylic acids is 1. The molecule has 19 heavy (non-hydrogen) atoms. The highest BCUT2D eigenvalue weighted by Crippen LogP contribution is 2.02. The van der Waals surface area contributed by atoms with E-state index in [1.807, 2.05) is 46.4 Å². The number of amides is 1. The molecule has 3 aromatic rings. The number of aromatic nitrogens is 2. The van der Waals surface area contributed by atoms with Crippen LogP contribution in [0.15, 0.2) is 59.7 Å². The molecule has 4 nitrogen and oxygen atoms in total. The minimum atomic E-state index is -0.268. The number of rotatable bonds is 1. The van der Waals surface area contributed by atoms with E-state index in [0.717, 1.165) is 5.65 Å². The molecule has 96 valence electrons. The first-order valence-corrected chi connectivity index (χ1v) is 6.19. The zero-order chi connectivity index (χ0) is 12.4. The monoisotopic (exact) mass is 335 g/mol. The Morgan fingerprint density at radius 3 is 2.58 bits per heavy atom. The van der Waals surface area contributed by atoms with Gasteiger partial charge >= 0.3 is 0 Å². The zero-order valence-electron chi connectivity index (χ0n) is 9.76. The van der Waals surface area contributed by atoms with Crippen molar-refractivity contribution in [3.8, 4) is 0 Å². The van der Waals surface area contributed by atoms with Gasteiger partial charge in [0.2, 0.25) is 4.80 Å². The minimum absolute atomic E-state index is 0. The zero-order valence-corrected chi connectivity index (χ0v) is 12.3. The molecule has 0 unspecified atom stereocenters. The summed E-state index contributed by atoms with van der Waals surface area (Å²) in [5, 5.41) is 0. The number of nitrogens with zero attached hydrogens (tertiary/aromatic N) is 3. The fraction of sp³-hybridized carbons (Fsp3) is 0. The van der Waals surface area contributed by atoms with Crippen LogP contribution in [-0.4, -0.2) is 14.7 Å². The number of fused-ring (bicyclic) bond motifs is 1. The molecule has 6 heteroatoms. The van der Waals surface area contributed by atoms with Gasteiger partial charge in [-0.3, -0.25) is 8.58 Å². The van der Waals surface area contributed by atoms with Crippen molar-refractivity contribution in [3.63, 3.8) is 0 Å². The third-order valence-corrected chi connectivity index (χ3v) is 3.26. The molecule has 0 spiro atoms. The maximum Gasteiger partial charge on any atom is 0.279 e. The van der Waals surface area contributed by atoms with Crippen molar-refractivity contribution in [1.82, 2.24) is 8.77 Å². The van der Waals surface area contributed by atoms with Crippen LogP contribution in [0.3, 0.4) is 0 Å². The quantitative estimate of drug-likeness (QED) is 0.686. The number of halogens is 1. The molecular formula is C13H10BrN3OS. The van der Waals surface area contributed by atoms with E-state index in [1.54, 1.807) is 12.1 Å². The Bertz CT molecular complexity index is 728. The molecule has 0 N–H and O–H groups in total. The largest absolute Gasteiger partial charge is 0.279 e. The van der Waals surface area contributed by atoms with Crippen molar-refractivity contribution in [3.05, 3.63) is 65.1 Å². The van der Waals surface area contributed by atoms with E-state index in [9.17, 15) is 4.79 Å². The van der Waals surface area contributed by atoms with Crippen LogP contribution in [0.5, 0.6) is 0 Å². The Morgan fingerprint density at radius 2 is 1.84 bits per heavy atom. The van der Waals surface area contributed by atoms with Crippen LogP contribution in [0.2, 0.25) is 0 Å². The molecular weight excluding hydrogens is 326 g/mol. The number of hydrogen-bond donors (Lipinski definition) is 0. The molecule has 3 rings (SSSR count). The maximum absolute atomic E-state index is 11.9. The number of hydrogen-bond acceptors (Lipinski definition) is 3. The Balaban J connectivity index is 0.00000133. The van der Waals surface area contributed by atoms with E-state index in [4.69, 9.17) is 0 Å². The Kier molecular flexibility index (Phi) is 4.24. The lowest BCUT2D eigenvalue weighted by Gasteiger charge is -1.90. The predicted octanol–water partition coefficient (Wildman–Crippen LogP) is 2.71. The SMILES string of the molecule is Br.O=C(N=c1nc2ccccn2s1)c1ccccc1. The second kappa shape index (κ2) is 5.90. The molecule has 2 aromatic heterocycles. The fourth-order valence-electron chi connectivity index (χ4n) is 1.57. The van der Waals surface area contributed by atoms with E-state index in [2.05, 4.69) is 9.98 Å². The van der Waals surface area contributed by atoms with Gasteiger partial charge in [0, 0.05) is 11.8 Å². The standard InChI is InChI=1S/C13H9N3OS.BrH/c17-12(10-6-2-1-3-7-10)15-13-14-11-8-4-5-9-16(11)18-13;/h1-9H;1H. The lowest BCUT2D eigenvalue weighted by atomic mass is 10.2. The normalized spacial score (nSPS) is 11.3. The highest BCUT2D eigenvalue weighted by molar-refractivity contribution is 8.93. The third-order valence-electron chi connectivity index (χ3n) is 2.41. The summed E-state index contributed by atoms with van der Waals surface area (Å²) in [6.07, 6.45) is 1.89. The fourth-order valence-corrected chi connectivity index (χ4v) is 2.33. The molecule has 0 aliphatic heterocycles. The second-order valence-electron chi connectivity index (χ2n) is 3.65. The molecule has 1 aromatic carbocycles. The molecule has 0 aliphatic carbocycles. The first kappa shape index (κ1) is 13.6. The van der Waals surface area contributed by atoms with Gasteiger partial charge in [-0.2, -0.15) is 9.98 Å². The van der Waals surface area contributed by atoms with Crippen LogP contribution in [0, 0.1) is 0 Å². The first-order chi connectivity index (χ1) is 8.83. The molecule has 0 aliphatic rings. The summed E-state index contributed by atoms with van der Waals surface area (Å²) in [7, 11) is 0. The van der Waals surface area contributed by atoms with Crippen molar-refractivity contribution in [2.24, 2.45) is 4.99 Å². The lowest BCUT2D eigenvalue weighted by molar-refractivity contribution is 0.0998. The smallest absolute Gasteiger partial charge is 0.267 e. The van der Waals surface area contributed by atoms with E-state index in [0.29, 0.717) is 10.4 Å². The average Bonchev–Trinajstić information content (AvgIpc) is 2.82. The van der Waals surface area contributed by atoms with Gasteiger partial charge in [0.1, 0.15) is 5.65 Å². The van der Waals surface area contributed by atoms with Crippen LogP contribution >= 0.6 is 28.5 Å². The summed E-state index contributed by atoms with van der Waals surface area (Å²) in [6, 6.07) is 14.7. The number of pyridine rings is 1. The average molecular weight is 336 g/mol. The molecule has 0 saturated heterocycles. The third kappa shape index (κ3) is 2.97. The van der Waals surface area contributed by atoms with E-state index in [-0.39, 0.29) is 22.9 Å². The van der Waals surface area contributed by atoms with Crippen molar-refractivity contribution >= 4 is 40.1 Å². The molecule has 2 heterocycles. The maximum atomic E-state index is 11.9. The highest BCUT2D eigenvalue weighted by atomic mass is 79.9. The van der Waals surface area contributed by atoms with Gasteiger partial charge in [0.15, 0.2) is 0 Å². The van der Waals surface area contributed by atoms with Gasteiger partial charge in [-0.15, -0.1) is 17.0 Å². The van der Waals surface area contributed by atoms with Crippen LogP contribution in [0.4, 0.5) is 0 Å². The molecule has 0 saturated carbocycles. The predicted molar refractivity (Wildman–Crippen MR) is 79.7 cm³/mol. The molecule has 0 atom stereocenters. The summed E-state index contributed by atoms with van der Waals surface area (Å²) in [4.78, 5) is 20.6. The Morgan fingerprint density at radius 1 is 1.11 bits per heavy atom. The van der Waals surface area contributed by atoms with Crippen molar-refractivity contribution in [2.75, 3.05) is 0 Å².